The molecule has 10 heteroatoms. The lowest BCUT2D eigenvalue weighted by atomic mass is 10.1. The lowest BCUT2D eigenvalue weighted by molar-refractivity contribution is 0.0383. The van der Waals surface area contributed by atoms with Gasteiger partial charge in [-0.1, -0.05) is 6.07 Å². The highest BCUT2D eigenvalue weighted by Crippen LogP contribution is 2.31. The number of aryl methyl sites for hydroxylation is 2. The quantitative estimate of drug-likeness (QED) is 0.437. The summed E-state index contributed by atoms with van der Waals surface area (Å²) >= 11 is 0. The number of fused-ring (bicyclic) bond motifs is 1. The molecule has 0 bridgehead atoms. The van der Waals surface area contributed by atoms with Gasteiger partial charge in [0.15, 0.2) is 11.5 Å². The first-order valence-corrected chi connectivity index (χ1v) is 11.6. The number of nitrogens with one attached hydrogen (secondary N) is 1. The van der Waals surface area contributed by atoms with Crippen LogP contribution in [0.25, 0.3) is 22.4 Å². The van der Waals surface area contributed by atoms with Gasteiger partial charge in [-0.25, -0.2) is 4.98 Å². The Hall–Kier alpha value is -3.89. The van der Waals surface area contributed by atoms with Crippen molar-refractivity contribution in [3.8, 4) is 23.0 Å². The van der Waals surface area contributed by atoms with Crippen molar-refractivity contribution in [2.24, 2.45) is 7.05 Å². The number of carbonyl (C=O) groups excluding carboxylic acids is 1. The zero-order valence-electron chi connectivity index (χ0n) is 19.8. The van der Waals surface area contributed by atoms with Crippen LogP contribution in [0.5, 0.6) is 11.6 Å². The lowest BCUT2D eigenvalue weighted by Crippen LogP contribution is -2.41. The molecule has 0 radical (unpaired) electrons. The summed E-state index contributed by atoms with van der Waals surface area (Å²) in [6.45, 7) is 6.55. The number of carbonyl (C=O) groups is 1. The fourth-order valence-corrected chi connectivity index (χ4v) is 3.91. The fourth-order valence-electron chi connectivity index (χ4n) is 3.91. The average Bonchev–Trinajstić information content (AvgIpc) is 3.27. The molecule has 1 aliphatic rings. The molecule has 5 rings (SSSR count). The van der Waals surface area contributed by atoms with Gasteiger partial charge in [0.2, 0.25) is 5.88 Å². The monoisotopic (exact) mass is 473 g/mol. The van der Waals surface area contributed by atoms with E-state index in [0.29, 0.717) is 40.6 Å². The van der Waals surface area contributed by atoms with Crippen LogP contribution < -0.4 is 10.1 Å². The second-order valence-electron chi connectivity index (χ2n) is 8.39. The number of ether oxygens (including phenoxy) is 2. The van der Waals surface area contributed by atoms with Gasteiger partial charge in [-0.2, -0.15) is 10.1 Å². The van der Waals surface area contributed by atoms with Gasteiger partial charge in [-0.05, 0) is 36.8 Å². The summed E-state index contributed by atoms with van der Waals surface area (Å²) in [6.07, 6.45) is 5.08. The maximum absolute atomic E-state index is 12.8. The molecule has 0 atom stereocenters. The molecule has 4 aromatic rings. The van der Waals surface area contributed by atoms with Gasteiger partial charge in [0.1, 0.15) is 11.1 Å². The third-order valence-corrected chi connectivity index (χ3v) is 5.95. The Morgan fingerprint density at radius 3 is 2.83 bits per heavy atom. The molecule has 180 valence electrons. The van der Waals surface area contributed by atoms with Crippen molar-refractivity contribution in [1.82, 2.24) is 34.9 Å². The van der Waals surface area contributed by atoms with Crippen molar-refractivity contribution in [2.45, 2.75) is 6.92 Å². The maximum Gasteiger partial charge on any atom is 0.251 e. The smallest absolute Gasteiger partial charge is 0.251 e. The largest absolute Gasteiger partial charge is 0.438 e. The van der Waals surface area contributed by atoms with Crippen LogP contribution in [0, 0.1) is 6.92 Å². The highest BCUT2D eigenvalue weighted by Gasteiger charge is 2.17. The first-order valence-electron chi connectivity index (χ1n) is 11.6. The minimum Gasteiger partial charge on any atom is -0.438 e. The van der Waals surface area contributed by atoms with Crippen molar-refractivity contribution in [1.29, 1.82) is 0 Å². The van der Waals surface area contributed by atoms with Crippen LogP contribution in [0.15, 0.2) is 48.9 Å². The second-order valence-corrected chi connectivity index (χ2v) is 8.39. The first-order chi connectivity index (χ1) is 17.1. The molecule has 35 heavy (non-hydrogen) atoms. The molecule has 1 fully saturated rings. The third kappa shape index (κ3) is 5.13. The SMILES string of the molecule is Cc1ccc(C(=O)NCCN2CCOCC2)cc1Oc1nc(-c2cccnc2)nc2c1cnn2C. The molecule has 0 saturated carbocycles. The number of hydrogen-bond acceptors (Lipinski definition) is 8. The Kier molecular flexibility index (Phi) is 6.64. The van der Waals surface area contributed by atoms with Crippen LogP contribution in [0.4, 0.5) is 0 Å². The Labute approximate surface area is 202 Å². The van der Waals surface area contributed by atoms with E-state index in [2.05, 4.69) is 30.3 Å². The number of pyridine rings is 1. The Bertz CT molecular complexity index is 1330. The normalized spacial score (nSPS) is 14.2. The minimum absolute atomic E-state index is 0.145. The predicted molar refractivity (Wildman–Crippen MR) is 130 cm³/mol. The molecule has 1 N–H and O–H groups in total. The molecule has 1 aliphatic heterocycles. The molecule has 0 spiro atoms. The molecule has 0 aliphatic carbocycles. The summed E-state index contributed by atoms with van der Waals surface area (Å²) in [6, 6.07) is 9.13. The summed E-state index contributed by atoms with van der Waals surface area (Å²) in [4.78, 5) is 28.5. The highest BCUT2D eigenvalue weighted by molar-refractivity contribution is 5.94. The van der Waals surface area contributed by atoms with E-state index in [0.717, 1.165) is 44.0 Å². The van der Waals surface area contributed by atoms with Crippen LogP contribution in [-0.4, -0.2) is 74.9 Å². The molecule has 0 unspecified atom stereocenters. The zero-order chi connectivity index (χ0) is 24.2. The number of benzene rings is 1. The van der Waals surface area contributed by atoms with Gasteiger partial charge in [0.25, 0.3) is 5.91 Å². The van der Waals surface area contributed by atoms with Gasteiger partial charge in [-0.15, -0.1) is 0 Å². The van der Waals surface area contributed by atoms with Gasteiger partial charge in [0, 0.05) is 56.7 Å². The molecular weight excluding hydrogens is 446 g/mol. The summed E-state index contributed by atoms with van der Waals surface area (Å²) < 4.78 is 13.3. The summed E-state index contributed by atoms with van der Waals surface area (Å²) in [7, 11) is 1.82. The van der Waals surface area contributed by atoms with E-state index in [9.17, 15) is 4.79 Å². The van der Waals surface area contributed by atoms with Crippen molar-refractivity contribution < 1.29 is 14.3 Å². The van der Waals surface area contributed by atoms with Gasteiger partial charge >= 0.3 is 0 Å². The fraction of sp³-hybridized carbons (Fsp3) is 0.320. The number of hydrogen-bond donors (Lipinski definition) is 1. The van der Waals surface area contributed by atoms with Crippen molar-refractivity contribution >= 4 is 16.9 Å². The van der Waals surface area contributed by atoms with E-state index in [1.807, 2.05) is 32.2 Å². The van der Waals surface area contributed by atoms with Gasteiger partial charge in [-0.3, -0.25) is 19.4 Å². The maximum atomic E-state index is 12.8. The third-order valence-electron chi connectivity index (χ3n) is 5.95. The van der Waals surface area contributed by atoms with E-state index in [1.165, 1.54) is 0 Å². The van der Waals surface area contributed by atoms with Gasteiger partial charge in [0.05, 0.1) is 19.4 Å². The van der Waals surface area contributed by atoms with E-state index < -0.39 is 0 Å². The van der Waals surface area contributed by atoms with E-state index >= 15 is 0 Å². The Morgan fingerprint density at radius 2 is 2.03 bits per heavy atom. The number of nitrogens with zero attached hydrogens (tertiary/aromatic N) is 6. The zero-order valence-corrected chi connectivity index (χ0v) is 19.8. The van der Waals surface area contributed by atoms with Crippen LogP contribution in [0.1, 0.15) is 15.9 Å². The van der Waals surface area contributed by atoms with Crippen LogP contribution in [0.3, 0.4) is 0 Å². The molecule has 1 aromatic carbocycles. The first kappa shape index (κ1) is 22.9. The molecule has 4 heterocycles. The lowest BCUT2D eigenvalue weighted by Gasteiger charge is -2.26. The Morgan fingerprint density at radius 1 is 1.17 bits per heavy atom. The standard InChI is InChI=1S/C25H27N7O3/c1-17-5-6-18(24(33)27-8-9-32-10-12-34-13-11-32)14-21(17)35-25-20-16-28-31(2)23(20)29-22(30-25)19-4-3-7-26-15-19/h3-7,14-16H,8-13H2,1-2H3,(H,27,33). The average molecular weight is 474 g/mol. The van der Waals surface area contributed by atoms with Crippen molar-refractivity contribution in [3.63, 3.8) is 0 Å². The van der Waals surface area contributed by atoms with E-state index in [-0.39, 0.29) is 5.91 Å². The molecule has 1 saturated heterocycles. The van der Waals surface area contributed by atoms with E-state index in [4.69, 9.17) is 9.47 Å². The second kappa shape index (κ2) is 10.2. The van der Waals surface area contributed by atoms with Crippen LogP contribution in [0.2, 0.25) is 0 Å². The number of aromatic nitrogens is 5. The summed E-state index contributed by atoms with van der Waals surface area (Å²) in [5.74, 6) is 1.26. The van der Waals surface area contributed by atoms with Crippen molar-refractivity contribution in [2.75, 3.05) is 39.4 Å². The molecular formula is C25H27N7O3. The van der Waals surface area contributed by atoms with Crippen LogP contribution in [-0.2, 0) is 11.8 Å². The predicted octanol–water partition coefficient (Wildman–Crippen LogP) is 2.59. The minimum atomic E-state index is -0.145. The number of rotatable bonds is 7. The summed E-state index contributed by atoms with van der Waals surface area (Å²) in [5, 5.41) is 7.99. The van der Waals surface area contributed by atoms with Crippen molar-refractivity contribution in [3.05, 3.63) is 60.0 Å². The molecule has 3 aromatic heterocycles. The number of morpholine rings is 1. The Balaban J connectivity index is 1.37. The molecule has 10 nitrogen and oxygen atoms in total. The summed E-state index contributed by atoms with van der Waals surface area (Å²) in [5.41, 5.74) is 2.82. The van der Waals surface area contributed by atoms with Crippen LogP contribution >= 0.6 is 0 Å². The molecule has 1 amide bonds. The van der Waals surface area contributed by atoms with Gasteiger partial charge < -0.3 is 14.8 Å². The topological polar surface area (TPSA) is 107 Å². The van der Waals surface area contributed by atoms with E-state index in [1.54, 1.807) is 35.4 Å². The highest BCUT2D eigenvalue weighted by atomic mass is 16.5. The number of amides is 1.